The monoisotopic (exact) mass is 525 g/mol. The Morgan fingerprint density at radius 3 is 2.41 bits per heavy atom. The fourth-order valence-corrected chi connectivity index (χ4v) is 3.56. The van der Waals surface area contributed by atoms with Crippen molar-refractivity contribution in [2.75, 3.05) is 0 Å². The number of nitrogens with one attached hydrogen (secondary N) is 2. The van der Waals surface area contributed by atoms with E-state index >= 15 is 0 Å². The summed E-state index contributed by atoms with van der Waals surface area (Å²) >= 11 is 3.49. The van der Waals surface area contributed by atoms with Crippen molar-refractivity contribution in [3.63, 3.8) is 0 Å². The lowest BCUT2D eigenvalue weighted by Crippen LogP contribution is -2.48. The van der Waals surface area contributed by atoms with Crippen LogP contribution in [0.25, 0.3) is 0 Å². The van der Waals surface area contributed by atoms with Crippen molar-refractivity contribution >= 4 is 34.0 Å². The minimum absolute atomic E-state index is 0.185. The Labute approximate surface area is 206 Å². The van der Waals surface area contributed by atoms with Gasteiger partial charge in [-0.15, -0.1) is 0 Å². The summed E-state index contributed by atoms with van der Waals surface area (Å²) in [6, 6.07) is 19.6. The van der Waals surface area contributed by atoms with Crippen LogP contribution in [-0.4, -0.2) is 24.1 Å². The van der Waals surface area contributed by atoms with E-state index in [-0.39, 0.29) is 11.5 Å². The summed E-state index contributed by atoms with van der Waals surface area (Å²) in [5.41, 5.74) is 4.54. The van der Waals surface area contributed by atoms with Crippen molar-refractivity contribution in [2.24, 2.45) is 11.0 Å². The molecule has 0 aromatic heterocycles. The molecule has 34 heavy (non-hydrogen) atoms. The molecular weight excluding hydrogens is 501 g/mol. The Hall–Kier alpha value is -3.52. The molecule has 1 unspecified atom stereocenters. The van der Waals surface area contributed by atoms with Gasteiger partial charge in [-0.25, -0.2) is 9.82 Å². The van der Waals surface area contributed by atoms with Gasteiger partial charge in [0.2, 0.25) is 0 Å². The number of amides is 2. The summed E-state index contributed by atoms with van der Waals surface area (Å²) in [5, 5.41) is 6.69. The molecule has 2 N–H and O–H groups in total. The van der Waals surface area contributed by atoms with E-state index in [2.05, 4.69) is 31.8 Å². The summed E-state index contributed by atoms with van der Waals surface area (Å²) < 4.78 is 19.7. The van der Waals surface area contributed by atoms with Gasteiger partial charge in [-0.05, 0) is 75.4 Å². The highest BCUT2D eigenvalue weighted by molar-refractivity contribution is 9.10. The molecule has 8 heteroatoms. The van der Waals surface area contributed by atoms with Crippen molar-refractivity contribution < 1.29 is 18.7 Å². The van der Waals surface area contributed by atoms with Gasteiger partial charge in [-0.2, -0.15) is 5.10 Å². The smallest absolute Gasteiger partial charge is 0.262 e. The molecule has 0 spiro atoms. The topological polar surface area (TPSA) is 79.8 Å². The van der Waals surface area contributed by atoms with E-state index in [0.29, 0.717) is 12.4 Å². The highest BCUT2D eigenvalue weighted by Gasteiger charge is 2.24. The number of hydrogen-bond donors (Lipinski definition) is 2. The van der Waals surface area contributed by atoms with Crippen LogP contribution in [-0.2, 0) is 11.4 Å². The number of ether oxygens (including phenoxy) is 1. The Morgan fingerprint density at radius 1 is 1.06 bits per heavy atom. The molecule has 3 aromatic carbocycles. The maximum absolute atomic E-state index is 13.1. The number of halogens is 2. The largest absolute Gasteiger partial charge is 0.488 e. The first-order chi connectivity index (χ1) is 16.3. The maximum Gasteiger partial charge on any atom is 0.262 e. The van der Waals surface area contributed by atoms with Gasteiger partial charge in [-0.3, -0.25) is 9.59 Å². The van der Waals surface area contributed by atoms with Gasteiger partial charge in [0.05, 0.1) is 10.7 Å². The van der Waals surface area contributed by atoms with Crippen LogP contribution in [0.3, 0.4) is 0 Å². The van der Waals surface area contributed by atoms with Crippen LogP contribution in [0.5, 0.6) is 5.75 Å². The lowest BCUT2D eigenvalue weighted by atomic mass is 10.0. The molecule has 176 valence electrons. The van der Waals surface area contributed by atoms with Gasteiger partial charge >= 0.3 is 0 Å². The van der Waals surface area contributed by atoms with Crippen LogP contribution in [0, 0.1) is 11.7 Å². The number of hydrazone groups is 1. The Kier molecular flexibility index (Phi) is 8.93. The molecule has 0 radical (unpaired) electrons. The van der Waals surface area contributed by atoms with Gasteiger partial charge in [0.15, 0.2) is 0 Å². The fourth-order valence-electron chi connectivity index (χ4n) is 3.05. The molecule has 3 aromatic rings. The van der Waals surface area contributed by atoms with Gasteiger partial charge in [-0.1, -0.05) is 44.2 Å². The lowest BCUT2D eigenvalue weighted by Gasteiger charge is -2.20. The van der Waals surface area contributed by atoms with Crippen molar-refractivity contribution in [1.29, 1.82) is 0 Å². The van der Waals surface area contributed by atoms with Crippen molar-refractivity contribution in [3.8, 4) is 5.75 Å². The molecule has 3 rings (SSSR count). The average molecular weight is 526 g/mol. The Balaban J connectivity index is 1.57. The number of carbonyl (C=O) groups excluding carboxylic acids is 2. The van der Waals surface area contributed by atoms with E-state index < -0.39 is 23.7 Å². The van der Waals surface area contributed by atoms with Crippen molar-refractivity contribution in [1.82, 2.24) is 10.7 Å². The van der Waals surface area contributed by atoms with Crippen LogP contribution in [0.4, 0.5) is 4.39 Å². The van der Waals surface area contributed by atoms with Crippen LogP contribution in [0.2, 0.25) is 0 Å². The number of hydrogen-bond acceptors (Lipinski definition) is 4. The van der Waals surface area contributed by atoms with E-state index in [0.717, 1.165) is 15.6 Å². The third kappa shape index (κ3) is 7.25. The summed E-state index contributed by atoms with van der Waals surface area (Å²) in [7, 11) is 0. The van der Waals surface area contributed by atoms with E-state index in [1.807, 2.05) is 62.4 Å². The summed E-state index contributed by atoms with van der Waals surface area (Å²) in [6.45, 7) is 4.07. The molecule has 0 fully saturated rings. The zero-order chi connectivity index (χ0) is 24.5. The molecule has 0 saturated carbocycles. The van der Waals surface area contributed by atoms with Gasteiger partial charge in [0.25, 0.3) is 11.8 Å². The highest BCUT2D eigenvalue weighted by Crippen LogP contribution is 2.26. The predicted molar refractivity (Wildman–Crippen MR) is 133 cm³/mol. The Bertz CT molecular complexity index is 1150. The van der Waals surface area contributed by atoms with E-state index in [1.54, 1.807) is 0 Å². The van der Waals surface area contributed by atoms with E-state index in [9.17, 15) is 14.0 Å². The third-order valence-corrected chi connectivity index (χ3v) is 5.54. The van der Waals surface area contributed by atoms with Gasteiger partial charge in [0.1, 0.15) is 24.2 Å². The van der Waals surface area contributed by atoms with Crippen molar-refractivity contribution in [3.05, 3.63) is 99.8 Å². The van der Waals surface area contributed by atoms with Crippen LogP contribution in [0.15, 0.2) is 82.4 Å². The van der Waals surface area contributed by atoms with E-state index in [1.165, 1.54) is 30.5 Å². The fraction of sp³-hybridized carbons (Fsp3) is 0.192. The third-order valence-electron chi connectivity index (χ3n) is 4.92. The quantitative estimate of drug-likeness (QED) is 0.302. The lowest BCUT2D eigenvalue weighted by molar-refractivity contribution is -0.123. The van der Waals surface area contributed by atoms with Crippen LogP contribution >= 0.6 is 15.9 Å². The highest BCUT2D eigenvalue weighted by atomic mass is 79.9. The Morgan fingerprint density at radius 2 is 1.76 bits per heavy atom. The molecule has 0 bridgehead atoms. The molecule has 0 aliphatic heterocycles. The number of nitrogens with zero attached hydrogens (tertiary/aromatic N) is 1. The standard InChI is InChI=1S/C26H25BrFN3O3/c1-17(2)24(30-25(32)20-9-11-21(28)12-10-20)26(33)31-29-15-19-8-13-23(22(27)14-19)34-16-18-6-4-3-5-7-18/h3-15,17,24H,16H2,1-2H3,(H,30,32)(H,31,33). The number of carbonyl (C=O) groups is 2. The minimum atomic E-state index is -0.810. The van der Waals surface area contributed by atoms with Gasteiger partial charge in [0, 0.05) is 5.56 Å². The average Bonchev–Trinajstić information content (AvgIpc) is 2.82. The normalized spacial score (nSPS) is 11.9. The molecule has 1 atom stereocenters. The minimum Gasteiger partial charge on any atom is -0.488 e. The second kappa shape index (κ2) is 12.1. The zero-order valence-corrected chi connectivity index (χ0v) is 20.4. The number of rotatable bonds is 9. The molecule has 0 aliphatic carbocycles. The van der Waals surface area contributed by atoms with Crippen LogP contribution < -0.4 is 15.5 Å². The molecular formula is C26H25BrFN3O3. The summed E-state index contributed by atoms with van der Waals surface area (Å²) in [5.74, 6) is -0.855. The molecule has 2 amide bonds. The second-order valence-electron chi connectivity index (χ2n) is 7.90. The zero-order valence-electron chi connectivity index (χ0n) is 18.8. The molecule has 0 saturated heterocycles. The number of benzene rings is 3. The first-order valence-electron chi connectivity index (χ1n) is 10.7. The van der Waals surface area contributed by atoms with Crippen molar-refractivity contribution in [2.45, 2.75) is 26.5 Å². The van der Waals surface area contributed by atoms with E-state index in [4.69, 9.17) is 4.74 Å². The SMILES string of the molecule is CC(C)C(NC(=O)c1ccc(F)cc1)C(=O)NN=Cc1ccc(OCc2ccccc2)c(Br)c1. The summed E-state index contributed by atoms with van der Waals surface area (Å²) in [6.07, 6.45) is 1.50. The van der Waals surface area contributed by atoms with Gasteiger partial charge < -0.3 is 10.1 Å². The second-order valence-corrected chi connectivity index (χ2v) is 8.75. The molecule has 0 aliphatic rings. The summed E-state index contributed by atoms with van der Waals surface area (Å²) in [4.78, 5) is 25.0. The maximum atomic E-state index is 13.1. The first-order valence-corrected chi connectivity index (χ1v) is 11.5. The predicted octanol–water partition coefficient (Wildman–Crippen LogP) is 5.07. The molecule has 0 heterocycles. The van der Waals surface area contributed by atoms with Crippen LogP contribution in [0.1, 0.15) is 35.3 Å². The first kappa shape index (κ1) is 25.1. The molecule has 6 nitrogen and oxygen atoms in total.